The number of carbonyl (C=O) groups is 2. The number of carbonyl (C=O) groups excluding carboxylic acids is 1. The van der Waals surface area contributed by atoms with Gasteiger partial charge in [0.2, 0.25) is 0 Å². The molecule has 7 heteroatoms. The number of nitrogens with one attached hydrogen (secondary N) is 2. The molecule has 0 saturated heterocycles. The Kier molecular flexibility index (Phi) is 5.62. The fourth-order valence-corrected chi connectivity index (χ4v) is 1.56. The van der Waals surface area contributed by atoms with E-state index in [4.69, 9.17) is 5.11 Å². The molecule has 0 aliphatic rings. The first kappa shape index (κ1) is 15.3. The highest BCUT2D eigenvalue weighted by atomic mass is 32.2. The number of halogens is 1. The fourth-order valence-electron chi connectivity index (χ4n) is 1.31. The van der Waals surface area contributed by atoms with Crippen molar-refractivity contribution in [2.75, 3.05) is 18.1 Å². The molecule has 2 amide bonds. The monoisotopic (exact) mass is 286 g/mol. The second kappa shape index (κ2) is 6.98. The van der Waals surface area contributed by atoms with Gasteiger partial charge in [0.15, 0.2) is 0 Å². The number of para-hydroxylation sites is 1. The predicted molar refractivity (Wildman–Crippen MR) is 73.4 cm³/mol. The minimum atomic E-state index is -1.30. The Labute approximate surface area is 114 Å². The average Bonchev–Trinajstić information content (AvgIpc) is 2.38. The Morgan fingerprint density at radius 1 is 1.47 bits per heavy atom. The summed E-state index contributed by atoms with van der Waals surface area (Å²) in [6.45, 7) is 2.33. The standard InChI is InChI=1S/C12H15FN2O3S/c1-7(19-2)6-14-12(18)15-10-8(11(16)17)4-3-5-9(10)13/h3-5,7H,6H2,1-2H3,(H,16,17)(H2,14,15,18). The number of urea groups is 1. The first-order valence-corrected chi connectivity index (χ1v) is 6.84. The van der Waals surface area contributed by atoms with E-state index in [1.54, 1.807) is 11.8 Å². The molecule has 5 nitrogen and oxygen atoms in total. The summed E-state index contributed by atoms with van der Waals surface area (Å²) in [5, 5.41) is 13.9. The summed E-state index contributed by atoms with van der Waals surface area (Å²) in [6.07, 6.45) is 1.91. The molecule has 0 bridgehead atoms. The SMILES string of the molecule is CSC(C)CNC(=O)Nc1c(F)cccc1C(=O)O. The van der Waals surface area contributed by atoms with Gasteiger partial charge in [-0.25, -0.2) is 14.0 Å². The van der Waals surface area contributed by atoms with Crippen LogP contribution in [-0.4, -0.2) is 35.2 Å². The van der Waals surface area contributed by atoms with Crippen LogP contribution in [-0.2, 0) is 0 Å². The molecule has 19 heavy (non-hydrogen) atoms. The lowest BCUT2D eigenvalue weighted by Crippen LogP contribution is -2.34. The van der Waals surface area contributed by atoms with Gasteiger partial charge < -0.3 is 15.7 Å². The zero-order valence-corrected chi connectivity index (χ0v) is 11.4. The number of aromatic carboxylic acids is 1. The topological polar surface area (TPSA) is 78.4 Å². The molecular weight excluding hydrogens is 271 g/mol. The van der Waals surface area contributed by atoms with Crippen molar-refractivity contribution in [1.29, 1.82) is 0 Å². The second-order valence-electron chi connectivity index (χ2n) is 3.85. The minimum Gasteiger partial charge on any atom is -0.478 e. The van der Waals surface area contributed by atoms with E-state index in [0.717, 1.165) is 6.07 Å². The maximum absolute atomic E-state index is 13.5. The Balaban J connectivity index is 2.76. The van der Waals surface area contributed by atoms with Crippen molar-refractivity contribution in [3.05, 3.63) is 29.6 Å². The van der Waals surface area contributed by atoms with E-state index in [9.17, 15) is 14.0 Å². The molecule has 3 N–H and O–H groups in total. The van der Waals surface area contributed by atoms with Gasteiger partial charge in [-0.05, 0) is 18.4 Å². The molecule has 104 valence electrons. The van der Waals surface area contributed by atoms with Crippen LogP contribution in [0.15, 0.2) is 18.2 Å². The van der Waals surface area contributed by atoms with Gasteiger partial charge in [0.25, 0.3) is 0 Å². The van der Waals surface area contributed by atoms with Gasteiger partial charge in [0.05, 0.1) is 11.3 Å². The third-order valence-electron chi connectivity index (χ3n) is 2.43. The molecule has 1 aromatic carbocycles. The quantitative estimate of drug-likeness (QED) is 0.776. The Bertz CT molecular complexity index is 482. The third kappa shape index (κ3) is 4.44. The summed E-state index contributed by atoms with van der Waals surface area (Å²) in [7, 11) is 0. The van der Waals surface area contributed by atoms with E-state index in [-0.39, 0.29) is 16.5 Å². The largest absolute Gasteiger partial charge is 0.478 e. The van der Waals surface area contributed by atoms with Crippen molar-refractivity contribution < 1.29 is 19.1 Å². The zero-order chi connectivity index (χ0) is 14.4. The van der Waals surface area contributed by atoms with Crippen molar-refractivity contribution in [1.82, 2.24) is 5.32 Å². The summed E-state index contributed by atoms with van der Waals surface area (Å²) in [5.41, 5.74) is -0.614. The van der Waals surface area contributed by atoms with Crippen molar-refractivity contribution in [3.63, 3.8) is 0 Å². The third-order valence-corrected chi connectivity index (χ3v) is 3.41. The summed E-state index contributed by atoms with van der Waals surface area (Å²) < 4.78 is 13.5. The number of thioether (sulfide) groups is 1. The van der Waals surface area contributed by atoms with Crippen LogP contribution in [0.25, 0.3) is 0 Å². The van der Waals surface area contributed by atoms with Gasteiger partial charge in [-0.15, -0.1) is 0 Å². The van der Waals surface area contributed by atoms with Crippen LogP contribution in [0.2, 0.25) is 0 Å². The summed E-state index contributed by atoms with van der Waals surface area (Å²) in [6, 6.07) is 2.96. The molecule has 0 saturated carbocycles. The van der Waals surface area contributed by atoms with E-state index in [2.05, 4.69) is 10.6 Å². The Hall–Kier alpha value is -1.76. The number of hydrogen-bond acceptors (Lipinski definition) is 3. The zero-order valence-electron chi connectivity index (χ0n) is 10.6. The van der Waals surface area contributed by atoms with Crippen LogP contribution in [0.1, 0.15) is 17.3 Å². The van der Waals surface area contributed by atoms with Crippen molar-refractivity contribution >= 4 is 29.4 Å². The molecule has 0 aliphatic heterocycles. The maximum Gasteiger partial charge on any atom is 0.337 e. The predicted octanol–water partition coefficient (Wildman–Crippen LogP) is 2.40. The smallest absolute Gasteiger partial charge is 0.337 e. The number of amides is 2. The summed E-state index contributed by atoms with van der Waals surface area (Å²) in [5.74, 6) is -2.08. The number of hydrogen-bond donors (Lipinski definition) is 3. The number of anilines is 1. The fraction of sp³-hybridized carbons (Fsp3) is 0.333. The van der Waals surface area contributed by atoms with Crippen LogP contribution >= 0.6 is 11.8 Å². The molecule has 1 atom stereocenters. The number of benzene rings is 1. The molecular formula is C12H15FN2O3S. The van der Waals surface area contributed by atoms with E-state index in [1.807, 2.05) is 13.2 Å². The van der Waals surface area contributed by atoms with Gasteiger partial charge in [-0.2, -0.15) is 11.8 Å². The van der Waals surface area contributed by atoms with Crippen LogP contribution in [0.4, 0.5) is 14.9 Å². The van der Waals surface area contributed by atoms with Crippen molar-refractivity contribution in [3.8, 4) is 0 Å². The van der Waals surface area contributed by atoms with Crippen LogP contribution in [0.3, 0.4) is 0 Å². The van der Waals surface area contributed by atoms with E-state index < -0.39 is 17.8 Å². The summed E-state index contributed by atoms with van der Waals surface area (Å²) in [4.78, 5) is 22.5. The molecule has 1 rings (SSSR count). The van der Waals surface area contributed by atoms with E-state index in [0.29, 0.717) is 6.54 Å². The first-order chi connectivity index (χ1) is 8.95. The lowest BCUT2D eigenvalue weighted by molar-refractivity contribution is 0.0697. The van der Waals surface area contributed by atoms with Gasteiger partial charge in [0, 0.05) is 11.8 Å². The second-order valence-corrected chi connectivity index (χ2v) is 5.13. The van der Waals surface area contributed by atoms with Crippen LogP contribution < -0.4 is 10.6 Å². The van der Waals surface area contributed by atoms with Gasteiger partial charge >= 0.3 is 12.0 Å². The molecule has 0 spiro atoms. The van der Waals surface area contributed by atoms with E-state index >= 15 is 0 Å². The Morgan fingerprint density at radius 2 is 2.16 bits per heavy atom. The van der Waals surface area contributed by atoms with Crippen molar-refractivity contribution in [2.24, 2.45) is 0 Å². The average molecular weight is 286 g/mol. The highest BCUT2D eigenvalue weighted by Crippen LogP contribution is 2.19. The molecule has 1 unspecified atom stereocenters. The molecule has 0 fully saturated rings. The molecule has 0 aliphatic carbocycles. The Morgan fingerprint density at radius 3 is 2.74 bits per heavy atom. The van der Waals surface area contributed by atoms with Gasteiger partial charge in [0.1, 0.15) is 5.82 Å². The number of carboxylic acid groups (broad SMARTS) is 1. The first-order valence-electron chi connectivity index (χ1n) is 5.55. The van der Waals surface area contributed by atoms with E-state index in [1.165, 1.54) is 12.1 Å². The minimum absolute atomic E-state index is 0.213. The molecule has 0 aromatic heterocycles. The van der Waals surface area contributed by atoms with Gasteiger partial charge in [-0.1, -0.05) is 13.0 Å². The lowest BCUT2D eigenvalue weighted by Gasteiger charge is -2.12. The molecule has 0 radical (unpaired) electrons. The maximum atomic E-state index is 13.5. The number of rotatable bonds is 5. The molecule has 0 heterocycles. The normalized spacial score (nSPS) is 11.7. The summed E-state index contributed by atoms with van der Waals surface area (Å²) >= 11 is 1.57. The highest BCUT2D eigenvalue weighted by molar-refractivity contribution is 7.99. The van der Waals surface area contributed by atoms with Crippen LogP contribution in [0, 0.1) is 5.82 Å². The highest BCUT2D eigenvalue weighted by Gasteiger charge is 2.16. The van der Waals surface area contributed by atoms with Gasteiger partial charge in [-0.3, -0.25) is 0 Å². The molecule has 1 aromatic rings. The van der Waals surface area contributed by atoms with Crippen molar-refractivity contribution in [2.45, 2.75) is 12.2 Å². The van der Waals surface area contributed by atoms with Crippen LogP contribution in [0.5, 0.6) is 0 Å². The number of carboxylic acids is 1. The lowest BCUT2D eigenvalue weighted by atomic mass is 10.1.